The highest BCUT2D eigenvalue weighted by Gasteiger charge is 2.16. The monoisotopic (exact) mass is 322 g/mol. The van der Waals surface area contributed by atoms with Crippen molar-refractivity contribution in [2.75, 3.05) is 33.5 Å². The molecule has 0 bridgehead atoms. The summed E-state index contributed by atoms with van der Waals surface area (Å²) in [4.78, 5) is -0.000493. The van der Waals surface area contributed by atoms with Gasteiger partial charge in [-0.15, -0.1) is 0 Å². The lowest BCUT2D eigenvalue weighted by Crippen LogP contribution is -2.08. The van der Waals surface area contributed by atoms with Crippen LogP contribution < -0.4 is 4.74 Å². The molecule has 0 aliphatic carbocycles. The van der Waals surface area contributed by atoms with E-state index >= 15 is 0 Å². The Morgan fingerprint density at radius 2 is 1.90 bits per heavy atom. The highest BCUT2D eigenvalue weighted by molar-refractivity contribution is 8.13. The van der Waals surface area contributed by atoms with Crippen molar-refractivity contribution in [3.63, 3.8) is 0 Å². The zero-order valence-electron chi connectivity index (χ0n) is 11.6. The molecule has 1 aromatic rings. The molecule has 1 rings (SSSR count). The van der Waals surface area contributed by atoms with Crippen LogP contribution in [0.5, 0.6) is 5.75 Å². The molecule has 5 nitrogen and oxygen atoms in total. The maximum Gasteiger partial charge on any atom is 0.264 e. The molecule has 20 heavy (non-hydrogen) atoms. The number of hydrogen-bond donors (Lipinski definition) is 0. The van der Waals surface area contributed by atoms with E-state index in [2.05, 4.69) is 0 Å². The molecule has 0 heterocycles. The third kappa shape index (κ3) is 6.09. The van der Waals surface area contributed by atoms with E-state index in [0.717, 1.165) is 5.56 Å². The van der Waals surface area contributed by atoms with Gasteiger partial charge in [0.25, 0.3) is 9.05 Å². The van der Waals surface area contributed by atoms with Gasteiger partial charge < -0.3 is 14.2 Å². The first kappa shape index (κ1) is 17.2. The highest BCUT2D eigenvalue weighted by atomic mass is 35.7. The molecule has 1 aromatic carbocycles. The van der Waals surface area contributed by atoms with E-state index in [0.29, 0.717) is 32.8 Å². The van der Waals surface area contributed by atoms with Crippen LogP contribution in [0.1, 0.15) is 12.0 Å². The minimum absolute atomic E-state index is 0.000493. The molecule has 0 unspecified atom stereocenters. The lowest BCUT2D eigenvalue weighted by atomic mass is 10.2. The molecule has 7 heteroatoms. The Bertz CT molecular complexity index is 515. The van der Waals surface area contributed by atoms with Crippen LogP contribution in [0.15, 0.2) is 23.1 Å². The first-order valence-electron chi connectivity index (χ1n) is 6.20. The molecule has 0 atom stereocenters. The Hall–Kier alpha value is -0.820. The van der Waals surface area contributed by atoms with Crippen molar-refractivity contribution in [1.29, 1.82) is 0 Å². The van der Waals surface area contributed by atoms with Crippen molar-refractivity contribution in [3.8, 4) is 5.75 Å². The smallest absolute Gasteiger partial charge is 0.264 e. The number of aryl methyl sites for hydroxylation is 1. The Kier molecular flexibility index (Phi) is 7.29. The van der Waals surface area contributed by atoms with Gasteiger partial charge in [-0.25, -0.2) is 8.42 Å². The van der Waals surface area contributed by atoms with Gasteiger partial charge in [0.2, 0.25) is 0 Å². The van der Waals surface area contributed by atoms with Gasteiger partial charge in [-0.1, -0.05) is 6.07 Å². The lowest BCUT2D eigenvalue weighted by molar-refractivity contribution is 0.0643. The third-order valence-corrected chi connectivity index (χ3v) is 3.83. The van der Waals surface area contributed by atoms with Crippen LogP contribution in [0, 0.1) is 6.92 Å². The van der Waals surface area contributed by atoms with E-state index in [4.69, 9.17) is 24.9 Å². The van der Waals surface area contributed by atoms with Crippen LogP contribution in [0.4, 0.5) is 0 Å². The summed E-state index contributed by atoms with van der Waals surface area (Å²) in [6.45, 7) is 3.75. The van der Waals surface area contributed by atoms with Gasteiger partial charge in [0.05, 0.1) is 19.8 Å². The Labute approximate surface area is 124 Å². The molecule has 0 fully saturated rings. The van der Waals surface area contributed by atoms with E-state index in [1.807, 2.05) is 0 Å². The topological polar surface area (TPSA) is 61.8 Å². The van der Waals surface area contributed by atoms with Crippen molar-refractivity contribution >= 4 is 19.7 Å². The van der Waals surface area contributed by atoms with Gasteiger partial charge in [0.1, 0.15) is 10.6 Å². The Morgan fingerprint density at radius 1 is 1.15 bits per heavy atom. The van der Waals surface area contributed by atoms with Crippen molar-refractivity contribution in [3.05, 3.63) is 23.8 Å². The van der Waals surface area contributed by atoms with Crippen LogP contribution in [-0.4, -0.2) is 42.0 Å². The molecule has 0 N–H and O–H groups in total. The molecule has 114 valence electrons. The zero-order chi connectivity index (χ0) is 15.0. The maximum atomic E-state index is 11.5. The van der Waals surface area contributed by atoms with Gasteiger partial charge in [0, 0.05) is 30.8 Å². The molecule has 0 spiro atoms. The summed E-state index contributed by atoms with van der Waals surface area (Å²) in [6, 6.07) is 4.87. The molecule has 0 aliphatic rings. The predicted molar refractivity (Wildman–Crippen MR) is 77.0 cm³/mol. The molecule has 0 saturated heterocycles. The molecular weight excluding hydrogens is 304 g/mol. The first-order chi connectivity index (χ1) is 9.45. The number of halogens is 1. The fourth-order valence-electron chi connectivity index (χ4n) is 1.51. The quantitative estimate of drug-likeness (QED) is 0.516. The largest absolute Gasteiger partial charge is 0.492 e. The van der Waals surface area contributed by atoms with Crippen molar-refractivity contribution in [2.45, 2.75) is 18.2 Å². The van der Waals surface area contributed by atoms with Crippen molar-refractivity contribution in [1.82, 2.24) is 0 Å². The maximum absolute atomic E-state index is 11.5. The van der Waals surface area contributed by atoms with E-state index in [1.54, 1.807) is 26.2 Å². The summed E-state index contributed by atoms with van der Waals surface area (Å²) in [5.74, 6) is 0.266. The number of ether oxygens (including phenoxy) is 3. The van der Waals surface area contributed by atoms with Crippen LogP contribution in [0.3, 0.4) is 0 Å². The number of hydrogen-bond acceptors (Lipinski definition) is 5. The standard InChI is InChI=1S/C13H19ClO5S/c1-11-4-5-12(13(10-11)20(14,15)16)19-7-3-6-18-9-8-17-2/h4-5,10H,3,6-9H2,1-2H3. The average Bonchev–Trinajstić information content (AvgIpc) is 2.38. The fraction of sp³-hybridized carbons (Fsp3) is 0.538. The van der Waals surface area contributed by atoms with Crippen LogP contribution in [-0.2, 0) is 18.5 Å². The summed E-state index contributed by atoms with van der Waals surface area (Å²) in [5, 5.41) is 0. The SMILES string of the molecule is COCCOCCCOc1ccc(C)cc1S(=O)(=O)Cl. The summed E-state index contributed by atoms with van der Waals surface area (Å²) in [7, 11) is 3.18. The second-order valence-corrected chi connectivity index (χ2v) is 6.73. The fourth-order valence-corrected chi connectivity index (χ4v) is 2.57. The van der Waals surface area contributed by atoms with Crippen molar-refractivity contribution < 1.29 is 22.6 Å². The second kappa shape index (κ2) is 8.46. The molecule has 0 aromatic heterocycles. The summed E-state index contributed by atoms with van der Waals surface area (Å²) >= 11 is 0. The van der Waals surface area contributed by atoms with Gasteiger partial charge in [-0.2, -0.15) is 0 Å². The van der Waals surface area contributed by atoms with Gasteiger partial charge >= 0.3 is 0 Å². The molecule has 0 radical (unpaired) electrons. The molecular formula is C13H19ClO5S. The first-order valence-corrected chi connectivity index (χ1v) is 8.51. The summed E-state index contributed by atoms with van der Waals surface area (Å²) < 4.78 is 38.5. The van der Waals surface area contributed by atoms with Crippen LogP contribution in [0.25, 0.3) is 0 Å². The van der Waals surface area contributed by atoms with Gasteiger partial charge in [-0.3, -0.25) is 0 Å². The minimum Gasteiger partial charge on any atom is -0.492 e. The highest BCUT2D eigenvalue weighted by Crippen LogP contribution is 2.28. The lowest BCUT2D eigenvalue weighted by Gasteiger charge is -2.10. The number of rotatable bonds is 9. The van der Waals surface area contributed by atoms with Gasteiger partial charge in [-0.05, 0) is 24.6 Å². The Morgan fingerprint density at radius 3 is 2.55 bits per heavy atom. The van der Waals surface area contributed by atoms with E-state index in [-0.39, 0.29) is 10.6 Å². The summed E-state index contributed by atoms with van der Waals surface area (Å²) in [5.41, 5.74) is 0.805. The van der Waals surface area contributed by atoms with E-state index in [9.17, 15) is 8.42 Å². The van der Waals surface area contributed by atoms with E-state index in [1.165, 1.54) is 6.07 Å². The minimum atomic E-state index is -3.81. The van der Waals surface area contributed by atoms with Crippen LogP contribution in [0.2, 0.25) is 0 Å². The normalized spacial score (nSPS) is 11.6. The molecule has 0 saturated carbocycles. The number of methoxy groups -OCH3 is 1. The third-order valence-electron chi connectivity index (χ3n) is 2.48. The summed E-state index contributed by atoms with van der Waals surface area (Å²) in [6.07, 6.45) is 0.652. The van der Waals surface area contributed by atoms with Gasteiger partial charge in [0.15, 0.2) is 0 Å². The van der Waals surface area contributed by atoms with Crippen molar-refractivity contribution in [2.24, 2.45) is 0 Å². The second-order valence-electron chi connectivity index (χ2n) is 4.20. The average molecular weight is 323 g/mol. The number of benzene rings is 1. The molecule has 0 amide bonds. The van der Waals surface area contributed by atoms with Crippen LogP contribution >= 0.6 is 10.7 Å². The predicted octanol–water partition coefficient (Wildman–Crippen LogP) is 2.35. The molecule has 0 aliphatic heterocycles. The Balaban J connectivity index is 2.48. The van der Waals surface area contributed by atoms with E-state index < -0.39 is 9.05 Å². The zero-order valence-corrected chi connectivity index (χ0v) is 13.2.